The molecule has 0 bridgehead atoms. The molecule has 0 aliphatic heterocycles. The number of ketones is 1. The molecule has 3 aromatic rings. The average Bonchev–Trinajstić information content (AvgIpc) is 3.21. The van der Waals surface area contributed by atoms with Crippen LogP contribution in [0.4, 0.5) is 4.39 Å². The van der Waals surface area contributed by atoms with Crippen molar-refractivity contribution in [1.29, 1.82) is 0 Å². The number of hydrogen-bond acceptors (Lipinski definition) is 3. The summed E-state index contributed by atoms with van der Waals surface area (Å²) < 4.78 is 15.7. The molecule has 0 amide bonds. The number of halogens is 1. The third kappa shape index (κ3) is 2.35. The highest BCUT2D eigenvalue weighted by molar-refractivity contribution is 7.13. The van der Waals surface area contributed by atoms with Crippen LogP contribution in [0.25, 0.3) is 21.5 Å². The number of Topliss-reactive ketones (excluding diaryl/α,β-unsaturated/α-hetero) is 1. The smallest absolute Gasteiger partial charge is 0.167 e. The van der Waals surface area contributed by atoms with E-state index in [4.69, 9.17) is 0 Å². The Balaban J connectivity index is 1.77. The molecule has 0 N–H and O–H groups in total. The Bertz CT molecular complexity index is 876. The lowest BCUT2D eigenvalue weighted by Gasteiger charge is -2.04. The van der Waals surface area contributed by atoms with Crippen molar-refractivity contribution in [2.75, 3.05) is 0 Å². The van der Waals surface area contributed by atoms with Gasteiger partial charge in [0.15, 0.2) is 11.6 Å². The number of rotatable bonds is 4. The van der Waals surface area contributed by atoms with Gasteiger partial charge >= 0.3 is 0 Å². The summed E-state index contributed by atoms with van der Waals surface area (Å²) in [5.41, 5.74) is 3.19. The summed E-state index contributed by atoms with van der Waals surface area (Å²) in [6.45, 7) is 2.28. The fourth-order valence-electron chi connectivity index (χ4n) is 2.67. The molecule has 3 heterocycles. The Hall–Kier alpha value is -2.01. The Kier molecular flexibility index (Phi) is 3.11. The SMILES string of the molecule is Cc1csc(-c2cnc3c(F)cn(CC(=O)C4CC4)c3c2)c1. The number of fused-ring (bicyclic) bond motifs is 1. The van der Waals surface area contributed by atoms with Crippen LogP contribution in [0.3, 0.4) is 0 Å². The van der Waals surface area contributed by atoms with Crippen LogP contribution in [-0.2, 0) is 11.3 Å². The van der Waals surface area contributed by atoms with E-state index >= 15 is 0 Å². The number of nitrogens with zero attached hydrogens (tertiary/aromatic N) is 2. The molecule has 0 saturated heterocycles. The number of aryl methyl sites for hydroxylation is 1. The van der Waals surface area contributed by atoms with E-state index in [1.807, 2.05) is 13.0 Å². The van der Waals surface area contributed by atoms with Crippen LogP contribution < -0.4 is 0 Å². The molecule has 1 saturated carbocycles. The van der Waals surface area contributed by atoms with E-state index in [1.165, 1.54) is 11.8 Å². The summed E-state index contributed by atoms with van der Waals surface area (Å²) in [5.74, 6) is -0.00150. The number of aromatic nitrogens is 2. The van der Waals surface area contributed by atoms with Gasteiger partial charge in [0.1, 0.15) is 5.52 Å². The average molecular weight is 314 g/mol. The van der Waals surface area contributed by atoms with Crippen LogP contribution in [-0.4, -0.2) is 15.3 Å². The number of pyridine rings is 1. The van der Waals surface area contributed by atoms with Gasteiger partial charge in [-0.15, -0.1) is 11.3 Å². The minimum Gasteiger partial charge on any atom is -0.336 e. The first-order chi connectivity index (χ1) is 10.6. The molecule has 1 aliphatic rings. The van der Waals surface area contributed by atoms with Crippen molar-refractivity contribution in [2.24, 2.45) is 5.92 Å². The molecule has 5 heteroatoms. The second-order valence-corrected chi connectivity index (χ2v) is 6.84. The van der Waals surface area contributed by atoms with Gasteiger partial charge < -0.3 is 4.57 Å². The molecule has 4 rings (SSSR count). The topological polar surface area (TPSA) is 34.9 Å². The van der Waals surface area contributed by atoms with Crippen molar-refractivity contribution < 1.29 is 9.18 Å². The predicted octanol–water partition coefficient (Wildman–Crippen LogP) is 4.19. The second kappa shape index (κ2) is 5.02. The minimum absolute atomic E-state index is 0.177. The van der Waals surface area contributed by atoms with Gasteiger partial charge in [-0.3, -0.25) is 9.78 Å². The first-order valence-corrected chi connectivity index (χ1v) is 8.22. The predicted molar refractivity (Wildman–Crippen MR) is 85.5 cm³/mol. The van der Waals surface area contributed by atoms with E-state index in [9.17, 15) is 9.18 Å². The number of hydrogen-bond donors (Lipinski definition) is 0. The second-order valence-electron chi connectivity index (χ2n) is 5.93. The van der Waals surface area contributed by atoms with Crippen LogP contribution in [0.5, 0.6) is 0 Å². The molecule has 22 heavy (non-hydrogen) atoms. The van der Waals surface area contributed by atoms with E-state index in [0.29, 0.717) is 11.0 Å². The van der Waals surface area contributed by atoms with Crippen LogP contribution >= 0.6 is 11.3 Å². The van der Waals surface area contributed by atoms with Gasteiger partial charge in [-0.1, -0.05) is 0 Å². The zero-order valence-corrected chi connectivity index (χ0v) is 13.0. The fourth-order valence-corrected chi connectivity index (χ4v) is 3.56. The molecule has 3 aromatic heterocycles. The van der Waals surface area contributed by atoms with E-state index in [1.54, 1.807) is 22.1 Å². The number of carbonyl (C=O) groups is 1. The van der Waals surface area contributed by atoms with Crippen molar-refractivity contribution in [3.05, 3.63) is 41.3 Å². The maximum atomic E-state index is 14.0. The van der Waals surface area contributed by atoms with Crippen molar-refractivity contribution in [2.45, 2.75) is 26.3 Å². The lowest BCUT2D eigenvalue weighted by Crippen LogP contribution is -2.10. The van der Waals surface area contributed by atoms with Crippen molar-refractivity contribution in [3.63, 3.8) is 0 Å². The quantitative estimate of drug-likeness (QED) is 0.723. The summed E-state index contributed by atoms with van der Waals surface area (Å²) in [7, 11) is 0. The largest absolute Gasteiger partial charge is 0.336 e. The number of thiophene rings is 1. The maximum Gasteiger partial charge on any atom is 0.167 e. The van der Waals surface area contributed by atoms with Crippen molar-refractivity contribution in [3.8, 4) is 10.4 Å². The molecule has 0 spiro atoms. The molecule has 0 unspecified atom stereocenters. The normalized spacial score (nSPS) is 14.6. The molecule has 1 aliphatic carbocycles. The molecule has 112 valence electrons. The highest BCUT2D eigenvalue weighted by Crippen LogP contribution is 2.32. The zero-order chi connectivity index (χ0) is 15.3. The van der Waals surface area contributed by atoms with Gasteiger partial charge in [-0.25, -0.2) is 4.39 Å². The molecular formula is C17H15FN2OS. The summed E-state index contributed by atoms with van der Waals surface area (Å²) in [6, 6.07) is 4.02. The summed E-state index contributed by atoms with van der Waals surface area (Å²) >= 11 is 1.64. The Morgan fingerprint density at radius 3 is 2.95 bits per heavy atom. The van der Waals surface area contributed by atoms with Gasteiger partial charge in [0.2, 0.25) is 0 Å². The third-order valence-electron chi connectivity index (χ3n) is 4.05. The van der Waals surface area contributed by atoms with Gasteiger partial charge in [0.05, 0.1) is 12.1 Å². The lowest BCUT2D eigenvalue weighted by molar-refractivity contribution is -0.120. The van der Waals surface area contributed by atoms with Crippen LogP contribution in [0.2, 0.25) is 0 Å². The van der Waals surface area contributed by atoms with E-state index in [2.05, 4.69) is 16.4 Å². The molecule has 0 atom stereocenters. The van der Waals surface area contributed by atoms with Gasteiger partial charge in [0, 0.05) is 28.8 Å². The third-order valence-corrected chi connectivity index (χ3v) is 5.14. The van der Waals surface area contributed by atoms with Gasteiger partial charge in [-0.2, -0.15) is 0 Å². The molecule has 1 fully saturated rings. The monoisotopic (exact) mass is 314 g/mol. The molecule has 0 aromatic carbocycles. The minimum atomic E-state index is -0.368. The lowest BCUT2D eigenvalue weighted by atomic mass is 10.2. The van der Waals surface area contributed by atoms with E-state index < -0.39 is 0 Å². The Morgan fingerprint density at radius 1 is 1.45 bits per heavy atom. The first kappa shape index (κ1) is 13.6. The van der Waals surface area contributed by atoms with Crippen molar-refractivity contribution >= 4 is 28.2 Å². The fraction of sp³-hybridized carbons (Fsp3) is 0.294. The Labute approximate surface area is 131 Å². The summed E-state index contributed by atoms with van der Waals surface area (Å²) in [4.78, 5) is 17.4. The first-order valence-electron chi connectivity index (χ1n) is 7.34. The standard InChI is InChI=1S/C17H15FN2OS/c1-10-4-16(22-9-10)12-5-14-17(19-6-12)13(18)7-20(14)8-15(21)11-2-3-11/h4-7,9,11H,2-3,8H2,1H3. The number of carbonyl (C=O) groups excluding carboxylic acids is 1. The van der Waals surface area contributed by atoms with E-state index in [-0.39, 0.29) is 24.1 Å². The van der Waals surface area contributed by atoms with E-state index in [0.717, 1.165) is 23.3 Å². The maximum absolute atomic E-state index is 14.0. The molecule has 0 radical (unpaired) electrons. The highest BCUT2D eigenvalue weighted by Gasteiger charge is 2.29. The van der Waals surface area contributed by atoms with Crippen LogP contribution in [0.15, 0.2) is 29.9 Å². The van der Waals surface area contributed by atoms with Gasteiger partial charge in [0.25, 0.3) is 0 Å². The van der Waals surface area contributed by atoms with Crippen molar-refractivity contribution in [1.82, 2.24) is 9.55 Å². The van der Waals surface area contributed by atoms with Crippen LogP contribution in [0, 0.1) is 18.7 Å². The molecule has 3 nitrogen and oxygen atoms in total. The highest BCUT2D eigenvalue weighted by atomic mass is 32.1. The van der Waals surface area contributed by atoms with Crippen LogP contribution in [0.1, 0.15) is 18.4 Å². The van der Waals surface area contributed by atoms with Gasteiger partial charge in [-0.05, 0) is 42.8 Å². The summed E-state index contributed by atoms with van der Waals surface area (Å²) in [5, 5.41) is 2.08. The molecular weight excluding hydrogens is 299 g/mol. The summed E-state index contributed by atoms with van der Waals surface area (Å²) in [6.07, 6.45) is 5.03. The zero-order valence-electron chi connectivity index (χ0n) is 12.2. The Morgan fingerprint density at radius 2 is 2.27 bits per heavy atom.